The highest BCUT2D eigenvalue weighted by Gasteiger charge is 2.37. The first-order valence-corrected chi connectivity index (χ1v) is 5.63. The van der Waals surface area contributed by atoms with Crippen molar-refractivity contribution < 1.29 is 14.7 Å². The van der Waals surface area contributed by atoms with Crippen LogP contribution in [0.15, 0.2) is 10.2 Å². The lowest BCUT2D eigenvalue weighted by Gasteiger charge is -2.14. The summed E-state index contributed by atoms with van der Waals surface area (Å²) in [7, 11) is 0. The van der Waals surface area contributed by atoms with E-state index < -0.39 is 17.7 Å². The second-order valence-corrected chi connectivity index (χ2v) is 4.34. The Labute approximate surface area is 99.5 Å². The average molecular weight is 242 g/mol. The zero-order valence-electron chi connectivity index (χ0n) is 9.85. The number of carbonyl (C=O) groups is 2. The minimum absolute atomic E-state index is 0.105. The van der Waals surface area contributed by atoms with Gasteiger partial charge in [-0.05, 0) is 32.7 Å². The van der Waals surface area contributed by atoms with Crippen molar-refractivity contribution in [2.24, 2.45) is 16.0 Å². The number of aliphatic carboxylic acids is 1. The number of carboxylic acids is 1. The summed E-state index contributed by atoms with van der Waals surface area (Å²) in [4.78, 5) is 22.4. The summed E-state index contributed by atoms with van der Waals surface area (Å²) in [5.74, 6) is -1.36. The summed E-state index contributed by atoms with van der Waals surface area (Å²) in [5.41, 5.74) is 4.69. The van der Waals surface area contributed by atoms with Crippen LogP contribution in [0.3, 0.4) is 0 Å². The fraction of sp³-hybridized carbons (Fsp3) is 0.800. The van der Waals surface area contributed by atoms with Crippen LogP contribution in [-0.2, 0) is 9.59 Å². The number of carbonyl (C=O) groups excluding carboxylic acids is 1. The normalized spacial score (nSPS) is 17.5. The van der Waals surface area contributed by atoms with Gasteiger partial charge in [0.15, 0.2) is 5.66 Å². The van der Waals surface area contributed by atoms with Gasteiger partial charge in [-0.25, -0.2) is 4.79 Å². The lowest BCUT2D eigenvalue weighted by molar-refractivity contribution is -0.142. The second-order valence-electron chi connectivity index (χ2n) is 4.34. The summed E-state index contributed by atoms with van der Waals surface area (Å²) >= 11 is 0. The molecule has 1 aliphatic heterocycles. The van der Waals surface area contributed by atoms with Gasteiger partial charge >= 0.3 is 5.97 Å². The SMILES string of the molecule is CC1(CC(=O)NC(CCCCN)C(=O)O)N=N1. The van der Waals surface area contributed by atoms with Crippen LogP contribution in [0.25, 0.3) is 0 Å². The van der Waals surface area contributed by atoms with Crippen LogP contribution in [0.5, 0.6) is 0 Å². The van der Waals surface area contributed by atoms with E-state index in [0.29, 0.717) is 19.4 Å². The maximum Gasteiger partial charge on any atom is 0.326 e. The van der Waals surface area contributed by atoms with Crippen molar-refractivity contribution in [2.45, 2.75) is 44.3 Å². The van der Waals surface area contributed by atoms with E-state index in [1.165, 1.54) is 0 Å². The molecular weight excluding hydrogens is 224 g/mol. The first-order valence-electron chi connectivity index (χ1n) is 5.63. The van der Waals surface area contributed by atoms with Gasteiger partial charge < -0.3 is 16.2 Å². The van der Waals surface area contributed by atoms with Gasteiger partial charge in [0.1, 0.15) is 6.04 Å². The molecule has 7 nitrogen and oxygen atoms in total. The number of nitrogens with zero attached hydrogens (tertiary/aromatic N) is 2. The number of unbranched alkanes of at least 4 members (excludes halogenated alkanes) is 1. The van der Waals surface area contributed by atoms with Crippen LogP contribution in [0.4, 0.5) is 0 Å². The Balaban J connectivity index is 2.32. The van der Waals surface area contributed by atoms with E-state index in [9.17, 15) is 9.59 Å². The van der Waals surface area contributed by atoms with Gasteiger partial charge in [0.2, 0.25) is 5.91 Å². The minimum Gasteiger partial charge on any atom is -0.480 e. The van der Waals surface area contributed by atoms with E-state index in [4.69, 9.17) is 10.8 Å². The number of nitrogens with one attached hydrogen (secondary N) is 1. The average Bonchev–Trinajstić information content (AvgIpc) is 2.94. The molecular formula is C10H18N4O3. The third kappa shape index (κ3) is 4.90. The van der Waals surface area contributed by atoms with Crippen molar-refractivity contribution in [3.05, 3.63) is 0 Å². The van der Waals surface area contributed by atoms with Crippen LogP contribution < -0.4 is 11.1 Å². The largest absolute Gasteiger partial charge is 0.480 e. The van der Waals surface area contributed by atoms with Gasteiger partial charge in [-0.1, -0.05) is 0 Å². The second kappa shape index (κ2) is 5.72. The summed E-state index contributed by atoms with van der Waals surface area (Å²) in [6, 6.07) is -0.851. The highest BCUT2D eigenvalue weighted by atomic mass is 16.4. The molecule has 96 valence electrons. The van der Waals surface area contributed by atoms with E-state index in [-0.39, 0.29) is 12.3 Å². The van der Waals surface area contributed by atoms with Gasteiger partial charge in [0.25, 0.3) is 0 Å². The van der Waals surface area contributed by atoms with Crippen molar-refractivity contribution in [3.63, 3.8) is 0 Å². The van der Waals surface area contributed by atoms with Crippen molar-refractivity contribution >= 4 is 11.9 Å². The predicted octanol–water partition coefficient (Wildman–Crippen LogP) is 0.257. The Hall–Kier alpha value is -1.50. The monoisotopic (exact) mass is 242 g/mol. The number of hydrogen-bond donors (Lipinski definition) is 3. The Morgan fingerprint density at radius 3 is 2.53 bits per heavy atom. The van der Waals surface area contributed by atoms with Crippen molar-refractivity contribution in [3.8, 4) is 0 Å². The lowest BCUT2D eigenvalue weighted by Crippen LogP contribution is -2.42. The fourth-order valence-electron chi connectivity index (χ4n) is 1.46. The Morgan fingerprint density at radius 1 is 1.41 bits per heavy atom. The number of hydrogen-bond acceptors (Lipinski definition) is 5. The molecule has 0 saturated heterocycles. The molecule has 1 atom stereocenters. The standard InChI is InChI=1S/C10H18N4O3/c1-10(13-14-10)6-8(15)12-7(9(16)17)4-2-3-5-11/h7H,2-6,11H2,1H3,(H,12,15)(H,16,17). The molecule has 17 heavy (non-hydrogen) atoms. The summed E-state index contributed by atoms with van der Waals surface area (Å²) in [6.07, 6.45) is 1.93. The molecule has 0 aromatic carbocycles. The van der Waals surface area contributed by atoms with Gasteiger partial charge in [0, 0.05) is 0 Å². The van der Waals surface area contributed by atoms with E-state index in [2.05, 4.69) is 15.5 Å². The molecule has 1 rings (SSSR count). The summed E-state index contributed by atoms with van der Waals surface area (Å²) in [6.45, 7) is 2.24. The minimum atomic E-state index is -1.02. The number of rotatable bonds is 8. The van der Waals surface area contributed by atoms with Gasteiger partial charge in [-0.2, -0.15) is 10.2 Å². The number of carboxylic acid groups (broad SMARTS) is 1. The van der Waals surface area contributed by atoms with Crippen molar-refractivity contribution in [2.75, 3.05) is 6.54 Å². The van der Waals surface area contributed by atoms with Crippen LogP contribution in [-0.4, -0.2) is 35.2 Å². The molecule has 1 amide bonds. The summed E-state index contributed by atoms with van der Waals surface area (Å²) in [5, 5.41) is 18.8. The van der Waals surface area contributed by atoms with Crippen LogP contribution in [0, 0.1) is 0 Å². The molecule has 0 aliphatic carbocycles. The zero-order valence-corrected chi connectivity index (χ0v) is 9.85. The Kier molecular flexibility index (Phi) is 4.56. The molecule has 1 heterocycles. The summed E-state index contributed by atoms with van der Waals surface area (Å²) < 4.78 is 0. The quantitative estimate of drug-likeness (QED) is 0.529. The highest BCUT2D eigenvalue weighted by Crippen LogP contribution is 2.30. The van der Waals surface area contributed by atoms with E-state index in [0.717, 1.165) is 6.42 Å². The highest BCUT2D eigenvalue weighted by molar-refractivity contribution is 5.84. The maximum absolute atomic E-state index is 11.5. The lowest BCUT2D eigenvalue weighted by atomic mass is 10.1. The maximum atomic E-state index is 11.5. The molecule has 0 aromatic rings. The fourth-order valence-corrected chi connectivity index (χ4v) is 1.46. The molecule has 0 radical (unpaired) electrons. The number of amides is 1. The molecule has 0 fully saturated rings. The van der Waals surface area contributed by atoms with E-state index >= 15 is 0 Å². The third-order valence-corrected chi connectivity index (χ3v) is 2.52. The first-order chi connectivity index (χ1) is 7.97. The smallest absolute Gasteiger partial charge is 0.326 e. The van der Waals surface area contributed by atoms with Gasteiger partial charge in [-0.15, -0.1) is 0 Å². The molecule has 0 bridgehead atoms. The predicted molar refractivity (Wildman–Crippen MR) is 60.3 cm³/mol. The molecule has 1 aliphatic rings. The molecule has 7 heteroatoms. The third-order valence-electron chi connectivity index (χ3n) is 2.52. The van der Waals surface area contributed by atoms with Crippen LogP contribution in [0.2, 0.25) is 0 Å². The molecule has 0 aromatic heterocycles. The van der Waals surface area contributed by atoms with Gasteiger partial charge in [-0.3, -0.25) is 4.79 Å². The molecule has 0 saturated carbocycles. The molecule has 0 spiro atoms. The topological polar surface area (TPSA) is 117 Å². The first kappa shape index (κ1) is 13.6. The van der Waals surface area contributed by atoms with Crippen molar-refractivity contribution in [1.29, 1.82) is 0 Å². The van der Waals surface area contributed by atoms with Crippen LogP contribution >= 0.6 is 0 Å². The number of nitrogens with two attached hydrogens (primary N) is 1. The zero-order chi connectivity index (χ0) is 12.9. The molecule has 4 N–H and O–H groups in total. The Morgan fingerprint density at radius 2 is 2.06 bits per heavy atom. The van der Waals surface area contributed by atoms with Crippen LogP contribution in [0.1, 0.15) is 32.6 Å². The van der Waals surface area contributed by atoms with Crippen molar-refractivity contribution in [1.82, 2.24) is 5.32 Å². The molecule has 1 unspecified atom stereocenters. The Bertz CT molecular complexity index is 324. The van der Waals surface area contributed by atoms with E-state index in [1.807, 2.05) is 0 Å². The van der Waals surface area contributed by atoms with Gasteiger partial charge in [0.05, 0.1) is 6.42 Å². The van der Waals surface area contributed by atoms with E-state index in [1.54, 1.807) is 6.92 Å².